The quantitative estimate of drug-likeness (QED) is 0.775. The minimum atomic E-state index is -0.451. The molecule has 0 aliphatic heterocycles. The molecule has 2 atom stereocenters. The summed E-state index contributed by atoms with van der Waals surface area (Å²) in [7, 11) is 0. The number of aliphatic hydroxyl groups is 1. The zero-order valence-electron chi connectivity index (χ0n) is 10.8. The Labute approximate surface area is 99.6 Å². The molecule has 2 aliphatic rings. The maximum atomic E-state index is 11.0. The Morgan fingerprint density at radius 3 is 2.38 bits per heavy atom. The lowest BCUT2D eigenvalue weighted by atomic mass is 9.53. The summed E-state index contributed by atoms with van der Waals surface area (Å²) in [5.41, 5.74) is 5.57. The fraction of sp³-hybridized carbons (Fsp3) is 1.00. The highest BCUT2D eigenvalue weighted by molar-refractivity contribution is 5.06. The van der Waals surface area contributed by atoms with Gasteiger partial charge >= 0.3 is 0 Å². The van der Waals surface area contributed by atoms with E-state index in [2.05, 4.69) is 13.8 Å². The van der Waals surface area contributed by atoms with Crippen LogP contribution in [0, 0.1) is 17.3 Å². The van der Waals surface area contributed by atoms with Gasteiger partial charge in [0, 0.05) is 12.0 Å². The molecule has 3 N–H and O–H groups in total. The van der Waals surface area contributed by atoms with Crippen LogP contribution in [0.5, 0.6) is 0 Å². The van der Waals surface area contributed by atoms with Crippen LogP contribution in [0.15, 0.2) is 0 Å². The summed E-state index contributed by atoms with van der Waals surface area (Å²) in [6.07, 6.45) is 7.98. The second kappa shape index (κ2) is 4.30. The molecule has 2 saturated carbocycles. The lowest BCUT2D eigenvalue weighted by molar-refractivity contribution is -0.155. The van der Waals surface area contributed by atoms with Gasteiger partial charge in [0.1, 0.15) is 0 Å². The van der Waals surface area contributed by atoms with Gasteiger partial charge in [0.25, 0.3) is 0 Å². The summed E-state index contributed by atoms with van der Waals surface area (Å²) in [5, 5.41) is 11.0. The number of hydrogen-bond acceptors (Lipinski definition) is 2. The van der Waals surface area contributed by atoms with E-state index >= 15 is 0 Å². The third-order valence-corrected chi connectivity index (χ3v) is 5.40. The van der Waals surface area contributed by atoms with Gasteiger partial charge in [-0.2, -0.15) is 0 Å². The van der Waals surface area contributed by atoms with Gasteiger partial charge in [-0.1, -0.05) is 26.7 Å². The molecule has 2 rings (SSSR count). The molecule has 2 aliphatic carbocycles. The molecule has 2 nitrogen and oxygen atoms in total. The first kappa shape index (κ1) is 12.4. The first-order valence-corrected chi connectivity index (χ1v) is 6.95. The van der Waals surface area contributed by atoms with Crippen LogP contribution in [-0.2, 0) is 0 Å². The fourth-order valence-corrected chi connectivity index (χ4v) is 3.81. The number of rotatable bonds is 3. The van der Waals surface area contributed by atoms with Crippen molar-refractivity contribution in [2.24, 2.45) is 23.0 Å². The van der Waals surface area contributed by atoms with Crippen LogP contribution >= 0.6 is 0 Å². The van der Waals surface area contributed by atoms with Crippen molar-refractivity contribution in [1.82, 2.24) is 0 Å². The number of hydrogen-bond donors (Lipinski definition) is 2. The fourth-order valence-electron chi connectivity index (χ4n) is 3.81. The molecule has 0 heterocycles. The van der Waals surface area contributed by atoms with E-state index in [1.807, 2.05) is 0 Å². The van der Waals surface area contributed by atoms with Gasteiger partial charge in [0.15, 0.2) is 0 Å². The molecule has 0 aromatic heterocycles. The van der Waals surface area contributed by atoms with E-state index in [9.17, 15) is 5.11 Å². The van der Waals surface area contributed by atoms with Crippen LogP contribution in [0.3, 0.4) is 0 Å². The Bertz CT molecular complexity index is 242. The van der Waals surface area contributed by atoms with Crippen LogP contribution in [0.25, 0.3) is 0 Å². The van der Waals surface area contributed by atoms with Crippen molar-refractivity contribution in [2.45, 2.75) is 64.4 Å². The Hall–Kier alpha value is -0.0800. The van der Waals surface area contributed by atoms with Crippen LogP contribution < -0.4 is 5.73 Å². The predicted octanol–water partition coefficient (Wildman–Crippen LogP) is 2.69. The molecule has 0 aromatic rings. The molecule has 0 saturated heterocycles. The highest BCUT2D eigenvalue weighted by atomic mass is 16.3. The summed E-state index contributed by atoms with van der Waals surface area (Å²) < 4.78 is 0. The van der Waals surface area contributed by atoms with Gasteiger partial charge in [-0.05, 0) is 43.9 Å². The van der Waals surface area contributed by atoms with Crippen LogP contribution in [0.1, 0.15) is 58.8 Å². The molecule has 0 spiro atoms. The third-order valence-electron chi connectivity index (χ3n) is 5.40. The smallest absolute Gasteiger partial charge is 0.0718 e. The lowest BCUT2D eigenvalue weighted by Gasteiger charge is -2.56. The molecule has 2 unspecified atom stereocenters. The monoisotopic (exact) mass is 225 g/mol. The van der Waals surface area contributed by atoms with Gasteiger partial charge in [-0.25, -0.2) is 0 Å². The molecular formula is C14H27NO. The Balaban J connectivity index is 2.11. The van der Waals surface area contributed by atoms with Gasteiger partial charge in [-0.3, -0.25) is 0 Å². The third kappa shape index (κ3) is 1.80. The van der Waals surface area contributed by atoms with E-state index in [1.54, 1.807) is 0 Å². The number of nitrogens with two attached hydrogens (primary N) is 1. The zero-order valence-corrected chi connectivity index (χ0v) is 10.8. The molecule has 2 heteroatoms. The summed E-state index contributed by atoms with van der Waals surface area (Å²) in [6.45, 7) is 5.24. The predicted molar refractivity (Wildman–Crippen MR) is 67.1 cm³/mol. The van der Waals surface area contributed by atoms with Crippen molar-refractivity contribution >= 4 is 0 Å². The maximum absolute atomic E-state index is 11.0. The summed E-state index contributed by atoms with van der Waals surface area (Å²) >= 11 is 0. The molecule has 16 heavy (non-hydrogen) atoms. The van der Waals surface area contributed by atoms with E-state index in [0.29, 0.717) is 18.4 Å². The Morgan fingerprint density at radius 1 is 1.25 bits per heavy atom. The summed E-state index contributed by atoms with van der Waals surface area (Å²) in [5.74, 6) is 1.39. The highest BCUT2D eigenvalue weighted by Gasteiger charge is 2.54. The molecule has 0 radical (unpaired) electrons. The van der Waals surface area contributed by atoms with E-state index in [-0.39, 0.29) is 5.41 Å². The van der Waals surface area contributed by atoms with Crippen molar-refractivity contribution in [2.75, 3.05) is 6.54 Å². The zero-order chi connectivity index (χ0) is 11.8. The molecular weight excluding hydrogens is 198 g/mol. The SMILES string of the molecule is CC(C)C1CCCC(O)(C2(CN)CCC2)C1. The second-order valence-electron chi connectivity index (χ2n) is 6.47. The van der Waals surface area contributed by atoms with Crippen molar-refractivity contribution in [3.63, 3.8) is 0 Å². The van der Waals surface area contributed by atoms with Crippen LogP contribution in [-0.4, -0.2) is 17.3 Å². The van der Waals surface area contributed by atoms with Crippen molar-refractivity contribution in [3.8, 4) is 0 Å². The average Bonchev–Trinajstić information content (AvgIpc) is 2.16. The second-order valence-corrected chi connectivity index (χ2v) is 6.47. The van der Waals surface area contributed by atoms with E-state index in [0.717, 1.165) is 25.7 Å². The minimum absolute atomic E-state index is 0.0700. The van der Waals surface area contributed by atoms with E-state index in [4.69, 9.17) is 5.73 Å². The van der Waals surface area contributed by atoms with E-state index in [1.165, 1.54) is 19.3 Å². The first-order chi connectivity index (χ1) is 7.53. The average molecular weight is 225 g/mol. The Kier molecular flexibility index (Phi) is 3.33. The van der Waals surface area contributed by atoms with Gasteiger partial charge in [-0.15, -0.1) is 0 Å². The van der Waals surface area contributed by atoms with Crippen molar-refractivity contribution in [3.05, 3.63) is 0 Å². The molecule has 2 fully saturated rings. The summed E-state index contributed by atoms with van der Waals surface area (Å²) in [6, 6.07) is 0. The van der Waals surface area contributed by atoms with E-state index < -0.39 is 5.60 Å². The summed E-state index contributed by atoms with van der Waals surface area (Å²) in [4.78, 5) is 0. The maximum Gasteiger partial charge on any atom is 0.0718 e. The van der Waals surface area contributed by atoms with Gasteiger partial charge < -0.3 is 10.8 Å². The standard InChI is InChI=1S/C14H27NO/c1-11(2)12-5-3-8-14(16,9-12)13(10-15)6-4-7-13/h11-12,16H,3-10,15H2,1-2H3. The molecule has 94 valence electrons. The van der Waals surface area contributed by atoms with Gasteiger partial charge in [0.2, 0.25) is 0 Å². The highest BCUT2D eigenvalue weighted by Crippen LogP contribution is 2.55. The lowest BCUT2D eigenvalue weighted by Crippen LogP contribution is -2.58. The van der Waals surface area contributed by atoms with Crippen LogP contribution in [0.2, 0.25) is 0 Å². The normalized spacial score (nSPS) is 38.4. The van der Waals surface area contributed by atoms with Crippen molar-refractivity contribution in [1.29, 1.82) is 0 Å². The largest absolute Gasteiger partial charge is 0.389 e. The molecule has 0 bridgehead atoms. The van der Waals surface area contributed by atoms with Gasteiger partial charge in [0.05, 0.1) is 5.60 Å². The topological polar surface area (TPSA) is 46.2 Å². The molecule has 0 amide bonds. The van der Waals surface area contributed by atoms with Crippen molar-refractivity contribution < 1.29 is 5.11 Å². The molecule has 0 aromatic carbocycles. The minimum Gasteiger partial charge on any atom is -0.389 e. The van der Waals surface area contributed by atoms with Crippen LogP contribution in [0.4, 0.5) is 0 Å². The first-order valence-electron chi connectivity index (χ1n) is 6.95. The Morgan fingerprint density at radius 2 is 1.94 bits per heavy atom.